The molecule has 1 N–H and O–H groups in total. The number of methoxy groups -OCH3 is 3. The maximum Gasteiger partial charge on any atom is 0.234 e. The van der Waals surface area contributed by atoms with Gasteiger partial charge in [-0.25, -0.2) is 0 Å². The Hall–Kier alpha value is -2.68. The van der Waals surface area contributed by atoms with Crippen LogP contribution in [0.5, 0.6) is 17.2 Å². The third kappa shape index (κ3) is 4.41. The molecule has 1 amide bonds. The minimum atomic E-state index is -0.166. The molecule has 0 spiro atoms. The fraction of sp³-hybridized carbons (Fsp3) is 0.421. The average Bonchev–Trinajstić information content (AvgIpc) is 3.47. The molecule has 3 rings (SSSR count). The first-order valence-corrected chi connectivity index (χ1v) is 9.86. The third-order valence-corrected chi connectivity index (χ3v) is 5.25. The van der Waals surface area contributed by atoms with Crippen LogP contribution in [0.2, 0.25) is 0 Å². The molecular formula is C19H24N4O4S. The normalized spacial score (nSPS) is 13.1. The average molecular weight is 404 g/mol. The van der Waals surface area contributed by atoms with Gasteiger partial charge in [0.05, 0.1) is 27.1 Å². The summed E-state index contributed by atoms with van der Waals surface area (Å²) in [6.45, 7) is 4.43. The molecule has 1 fully saturated rings. The molecule has 0 saturated heterocycles. The first-order chi connectivity index (χ1) is 13.6. The van der Waals surface area contributed by atoms with E-state index < -0.39 is 0 Å². The highest BCUT2D eigenvalue weighted by Gasteiger charge is 2.30. The number of ether oxygens (including phenoxy) is 3. The van der Waals surface area contributed by atoms with Gasteiger partial charge in [0.1, 0.15) is 5.82 Å². The summed E-state index contributed by atoms with van der Waals surface area (Å²) in [5, 5.41) is 12.1. The second-order valence-electron chi connectivity index (χ2n) is 6.27. The van der Waals surface area contributed by atoms with Crippen LogP contribution in [0.15, 0.2) is 29.9 Å². The molecule has 1 saturated carbocycles. The van der Waals surface area contributed by atoms with Gasteiger partial charge in [0.15, 0.2) is 16.7 Å². The molecule has 0 atom stereocenters. The van der Waals surface area contributed by atoms with E-state index in [4.69, 9.17) is 14.2 Å². The second-order valence-corrected chi connectivity index (χ2v) is 7.21. The number of hydrogen-bond donors (Lipinski definition) is 1. The Morgan fingerprint density at radius 3 is 2.46 bits per heavy atom. The number of allylic oxidation sites excluding steroid dienone is 1. The SMILES string of the molecule is C=CCn1c(SCC(=O)Nc2cc(OC)c(OC)c(OC)c2)nnc1C1CC1. The summed E-state index contributed by atoms with van der Waals surface area (Å²) >= 11 is 1.35. The van der Waals surface area contributed by atoms with Gasteiger partial charge in [-0.3, -0.25) is 4.79 Å². The zero-order valence-corrected chi connectivity index (χ0v) is 17.0. The molecule has 0 radical (unpaired) electrons. The van der Waals surface area contributed by atoms with Crippen LogP contribution in [0.3, 0.4) is 0 Å². The van der Waals surface area contributed by atoms with Crippen molar-refractivity contribution in [2.24, 2.45) is 0 Å². The lowest BCUT2D eigenvalue weighted by atomic mass is 10.2. The van der Waals surface area contributed by atoms with Gasteiger partial charge in [-0.1, -0.05) is 17.8 Å². The Balaban J connectivity index is 1.67. The summed E-state index contributed by atoms with van der Waals surface area (Å²) in [6.07, 6.45) is 4.10. The van der Waals surface area contributed by atoms with E-state index in [1.54, 1.807) is 12.1 Å². The van der Waals surface area contributed by atoms with Crippen LogP contribution in [0.1, 0.15) is 24.6 Å². The predicted octanol–water partition coefficient (Wildman–Crippen LogP) is 3.10. The third-order valence-electron chi connectivity index (χ3n) is 4.28. The standard InChI is InChI=1S/C19H24N4O4S/c1-5-8-23-18(12-6-7-12)21-22-19(23)28-11-16(24)20-13-9-14(25-2)17(27-4)15(10-13)26-3/h5,9-10,12H,1,6-8,11H2,2-4H3,(H,20,24). The highest BCUT2D eigenvalue weighted by Crippen LogP contribution is 2.41. The topological polar surface area (TPSA) is 87.5 Å². The molecule has 150 valence electrons. The van der Waals surface area contributed by atoms with Crippen molar-refractivity contribution >= 4 is 23.4 Å². The Kier molecular flexibility index (Phi) is 6.45. The molecular weight excluding hydrogens is 380 g/mol. The maximum absolute atomic E-state index is 12.4. The van der Waals surface area contributed by atoms with Gasteiger partial charge in [-0.05, 0) is 12.8 Å². The van der Waals surface area contributed by atoms with Crippen molar-refractivity contribution in [3.63, 3.8) is 0 Å². The van der Waals surface area contributed by atoms with E-state index in [-0.39, 0.29) is 11.7 Å². The summed E-state index contributed by atoms with van der Waals surface area (Å²) in [7, 11) is 4.59. The number of aromatic nitrogens is 3. The van der Waals surface area contributed by atoms with Gasteiger partial charge in [0.25, 0.3) is 0 Å². The number of thioether (sulfide) groups is 1. The predicted molar refractivity (Wildman–Crippen MR) is 108 cm³/mol. The van der Waals surface area contributed by atoms with E-state index in [2.05, 4.69) is 22.1 Å². The number of rotatable bonds is 10. The largest absolute Gasteiger partial charge is 0.493 e. The van der Waals surface area contributed by atoms with Crippen LogP contribution in [0.4, 0.5) is 5.69 Å². The molecule has 1 aromatic carbocycles. The van der Waals surface area contributed by atoms with Gasteiger partial charge < -0.3 is 24.1 Å². The number of amides is 1. The minimum Gasteiger partial charge on any atom is -0.493 e. The lowest BCUT2D eigenvalue weighted by Crippen LogP contribution is -2.15. The minimum absolute atomic E-state index is 0.166. The summed E-state index contributed by atoms with van der Waals surface area (Å²) in [6, 6.07) is 3.38. The molecule has 0 aliphatic heterocycles. The van der Waals surface area contributed by atoms with Gasteiger partial charge >= 0.3 is 0 Å². The van der Waals surface area contributed by atoms with Gasteiger partial charge in [0, 0.05) is 30.3 Å². The number of anilines is 1. The number of nitrogens with zero attached hydrogens (tertiary/aromatic N) is 3. The van der Waals surface area contributed by atoms with Crippen LogP contribution in [0, 0.1) is 0 Å². The van der Waals surface area contributed by atoms with Crippen molar-refractivity contribution in [3.05, 3.63) is 30.6 Å². The lowest BCUT2D eigenvalue weighted by molar-refractivity contribution is -0.113. The van der Waals surface area contributed by atoms with E-state index >= 15 is 0 Å². The fourth-order valence-corrected chi connectivity index (χ4v) is 3.59. The zero-order valence-electron chi connectivity index (χ0n) is 16.2. The van der Waals surface area contributed by atoms with E-state index in [1.807, 2.05) is 10.6 Å². The monoisotopic (exact) mass is 404 g/mol. The van der Waals surface area contributed by atoms with Gasteiger partial charge in [-0.15, -0.1) is 16.8 Å². The van der Waals surface area contributed by atoms with Crippen molar-refractivity contribution in [1.29, 1.82) is 0 Å². The van der Waals surface area contributed by atoms with Crippen molar-refractivity contribution in [3.8, 4) is 17.2 Å². The van der Waals surface area contributed by atoms with Gasteiger partial charge in [-0.2, -0.15) is 0 Å². The molecule has 0 bridgehead atoms. The Morgan fingerprint density at radius 1 is 1.25 bits per heavy atom. The van der Waals surface area contributed by atoms with Crippen LogP contribution in [-0.2, 0) is 11.3 Å². The summed E-state index contributed by atoms with van der Waals surface area (Å²) in [4.78, 5) is 12.4. The molecule has 1 aliphatic carbocycles. The Morgan fingerprint density at radius 2 is 1.93 bits per heavy atom. The summed E-state index contributed by atoms with van der Waals surface area (Å²) in [5.41, 5.74) is 0.561. The smallest absolute Gasteiger partial charge is 0.234 e. The van der Waals surface area contributed by atoms with Crippen LogP contribution < -0.4 is 19.5 Å². The molecule has 28 heavy (non-hydrogen) atoms. The quantitative estimate of drug-likeness (QED) is 0.481. The first kappa shape index (κ1) is 20.1. The zero-order chi connectivity index (χ0) is 20.1. The number of nitrogens with one attached hydrogen (secondary N) is 1. The molecule has 0 unspecified atom stereocenters. The molecule has 2 aromatic rings. The van der Waals surface area contributed by atoms with Crippen LogP contribution >= 0.6 is 11.8 Å². The molecule has 1 aromatic heterocycles. The lowest BCUT2D eigenvalue weighted by Gasteiger charge is -2.14. The fourth-order valence-electron chi connectivity index (χ4n) is 2.83. The van der Waals surface area contributed by atoms with E-state index in [0.29, 0.717) is 35.4 Å². The number of carbonyl (C=O) groups is 1. The molecule has 1 heterocycles. The van der Waals surface area contributed by atoms with Crippen LogP contribution in [0.25, 0.3) is 0 Å². The Labute approximate surface area is 168 Å². The summed E-state index contributed by atoms with van der Waals surface area (Å²) < 4.78 is 17.9. The summed E-state index contributed by atoms with van der Waals surface area (Å²) in [5.74, 6) is 2.93. The highest BCUT2D eigenvalue weighted by atomic mass is 32.2. The number of benzene rings is 1. The van der Waals surface area contributed by atoms with Crippen molar-refractivity contribution in [2.75, 3.05) is 32.4 Å². The van der Waals surface area contributed by atoms with E-state index in [0.717, 1.165) is 23.8 Å². The first-order valence-electron chi connectivity index (χ1n) is 8.87. The van der Waals surface area contributed by atoms with Crippen molar-refractivity contribution in [2.45, 2.75) is 30.5 Å². The van der Waals surface area contributed by atoms with Crippen molar-refractivity contribution in [1.82, 2.24) is 14.8 Å². The van der Waals surface area contributed by atoms with Crippen molar-refractivity contribution < 1.29 is 19.0 Å². The second kappa shape index (κ2) is 9.01. The molecule has 1 aliphatic rings. The van der Waals surface area contributed by atoms with Gasteiger partial charge in [0.2, 0.25) is 11.7 Å². The highest BCUT2D eigenvalue weighted by molar-refractivity contribution is 7.99. The van der Waals surface area contributed by atoms with E-state index in [1.165, 1.54) is 33.1 Å². The Bertz CT molecular complexity index is 839. The number of hydrogen-bond acceptors (Lipinski definition) is 7. The van der Waals surface area contributed by atoms with Crippen LogP contribution in [-0.4, -0.2) is 47.8 Å². The molecule has 9 heteroatoms. The maximum atomic E-state index is 12.4. The van der Waals surface area contributed by atoms with E-state index in [9.17, 15) is 4.79 Å². The molecule has 8 nitrogen and oxygen atoms in total. The number of carbonyl (C=O) groups excluding carboxylic acids is 1.